The Morgan fingerprint density at radius 1 is 1.36 bits per heavy atom. The summed E-state index contributed by atoms with van der Waals surface area (Å²) < 4.78 is 11.0. The summed E-state index contributed by atoms with van der Waals surface area (Å²) in [6, 6.07) is 3.65. The molecule has 3 rings (SSSR count). The third-order valence-electron chi connectivity index (χ3n) is 5.03. The first kappa shape index (κ1) is 20.4. The number of carbonyl (C=O) groups excluding carboxylic acids is 1. The highest BCUT2D eigenvalue weighted by Gasteiger charge is 2.30. The van der Waals surface area contributed by atoms with Gasteiger partial charge < -0.3 is 19.5 Å². The van der Waals surface area contributed by atoms with E-state index in [9.17, 15) is 14.9 Å². The number of Topliss-reactive ketones (excluding diaryl/α,β-unsaturated/α-hetero) is 1. The standard InChI is InChI=1S/C20H25BN2O5/c1-3-4-5-14(11-24)8-17(25)16-9-23-19(10-22-16)28-18-7-6-15-12-27-21(26)20(15)13(18)2/h6-7,9-10,14,24,26H,3-5,8,11-12H2,1-2H3/t14-/m0/s1. The summed E-state index contributed by atoms with van der Waals surface area (Å²) in [6.07, 6.45) is 5.89. The molecule has 148 valence electrons. The number of aliphatic hydroxyl groups excluding tert-OH is 1. The van der Waals surface area contributed by atoms with Gasteiger partial charge in [-0.15, -0.1) is 0 Å². The van der Waals surface area contributed by atoms with Gasteiger partial charge in [-0.3, -0.25) is 4.79 Å². The quantitative estimate of drug-likeness (QED) is 0.505. The first-order valence-corrected chi connectivity index (χ1v) is 9.59. The van der Waals surface area contributed by atoms with Crippen molar-refractivity contribution in [3.05, 3.63) is 41.3 Å². The first-order chi connectivity index (χ1) is 13.5. The maximum Gasteiger partial charge on any atom is 0.492 e. The lowest BCUT2D eigenvalue weighted by Gasteiger charge is -2.13. The number of rotatable bonds is 9. The average molecular weight is 384 g/mol. The molecular weight excluding hydrogens is 359 g/mol. The van der Waals surface area contributed by atoms with Gasteiger partial charge in [0.1, 0.15) is 11.4 Å². The van der Waals surface area contributed by atoms with Crippen molar-refractivity contribution in [3.63, 3.8) is 0 Å². The van der Waals surface area contributed by atoms with Crippen LogP contribution in [0.25, 0.3) is 0 Å². The predicted molar refractivity (Wildman–Crippen MR) is 105 cm³/mol. The fraction of sp³-hybridized carbons (Fsp3) is 0.450. The van der Waals surface area contributed by atoms with Gasteiger partial charge in [0.2, 0.25) is 5.88 Å². The van der Waals surface area contributed by atoms with E-state index in [-0.39, 0.29) is 36.3 Å². The topological polar surface area (TPSA) is 102 Å². The Hall–Kier alpha value is -2.29. The molecule has 1 aliphatic rings. The summed E-state index contributed by atoms with van der Waals surface area (Å²) >= 11 is 0. The smallest absolute Gasteiger partial charge is 0.437 e. The van der Waals surface area contributed by atoms with Crippen molar-refractivity contribution in [2.24, 2.45) is 5.92 Å². The number of fused-ring (bicyclic) bond motifs is 1. The van der Waals surface area contributed by atoms with Gasteiger partial charge in [-0.1, -0.05) is 25.8 Å². The Bertz CT molecular complexity index is 828. The van der Waals surface area contributed by atoms with Gasteiger partial charge in [0, 0.05) is 13.0 Å². The number of hydrogen-bond donors (Lipinski definition) is 2. The van der Waals surface area contributed by atoms with Gasteiger partial charge in [-0.2, -0.15) is 0 Å². The van der Waals surface area contributed by atoms with E-state index in [1.165, 1.54) is 12.4 Å². The Balaban J connectivity index is 1.67. The van der Waals surface area contributed by atoms with Gasteiger partial charge in [0.15, 0.2) is 5.78 Å². The van der Waals surface area contributed by atoms with Crippen LogP contribution in [0.5, 0.6) is 11.6 Å². The van der Waals surface area contributed by atoms with E-state index in [2.05, 4.69) is 16.9 Å². The van der Waals surface area contributed by atoms with Crippen molar-refractivity contribution in [3.8, 4) is 11.6 Å². The number of hydrogen-bond acceptors (Lipinski definition) is 7. The summed E-state index contributed by atoms with van der Waals surface area (Å²) in [5.74, 6) is 0.630. The van der Waals surface area contributed by atoms with Crippen LogP contribution >= 0.6 is 0 Å². The minimum absolute atomic E-state index is 0.00641. The molecule has 2 aromatic rings. The van der Waals surface area contributed by atoms with Crippen LogP contribution in [0.2, 0.25) is 0 Å². The number of ether oxygens (including phenoxy) is 1. The number of aromatic nitrogens is 2. The fourth-order valence-electron chi connectivity index (χ4n) is 3.34. The van der Waals surface area contributed by atoms with Gasteiger partial charge >= 0.3 is 7.12 Å². The third kappa shape index (κ3) is 4.58. The van der Waals surface area contributed by atoms with Crippen molar-refractivity contribution in [1.82, 2.24) is 9.97 Å². The number of nitrogens with zero attached hydrogens (tertiary/aromatic N) is 2. The Morgan fingerprint density at radius 2 is 2.18 bits per heavy atom. The minimum atomic E-state index is -0.947. The Labute approximate surface area is 164 Å². The second kappa shape index (κ2) is 9.27. The van der Waals surface area contributed by atoms with E-state index in [0.717, 1.165) is 35.9 Å². The van der Waals surface area contributed by atoms with Crippen LogP contribution < -0.4 is 10.2 Å². The first-order valence-electron chi connectivity index (χ1n) is 9.59. The van der Waals surface area contributed by atoms with Crippen molar-refractivity contribution in [1.29, 1.82) is 0 Å². The minimum Gasteiger partial charge on any atom is -0.437 e. The maximum absolute atomic E-state index is 12.4. The zero-order chi connectivity index (χ0) is 20.1. The van der Waals surface area contributed by atoms with E-state index >= 15 is 0 Å². The SMILES string of the molecule is CCCC[C@H](CO)CC(=O)c1cnc(Oc2ccc3c(c2C)B(O)OC3)cn1. The molecule has 1 aliphatic heterocycles. The monoisotopic (exact) mass is 384 g/mol. The van der Waals surface area contributed by atoms with Crippen LogP contribution in [-0.2, 0) is 11.3 Å². The van der Waals surface area contributed by atoms with Crippen LogP contribution in [0.4, 0.5) is 0 Å². The van der Waals surface area contributed by atoms with E-state index in [1.54, 1.807) is 6.07 Å². The highest BCUT2D eigenvalue weighted by atomic mass is 16.5. The van der Waals surface area contributed by atoms with E-state index < -0.39 is 7.12 Å². The summed E-state index contributed by atoms with van der Waals surface area (Å²) in [4.78, 5) is 20.7. The second-order valence-corrected chi connectivity index (χ2v) is 7.08. The summed E-state index contributed by atoms with van der Waals surface area (Å²) in [7, 11) is -0.947. The molecule has 1 aromatic heterocycles. The molecule has 0 amide bonds. The molecule has 0 saturated carbocycles. The van der Waals surface area contributed by atoms with Crippen molar-refractivity contribution >= 4 is 18.4 Å². The lowest BCUT2D eigenvalue weighted by Crippen LogP contribution is -2.30. The summed E-state index contributed by atoms with van der Waals surface area (Å²) in [5.41, 5.74) is 2.70. The van der Waals surface area contributed by atoms with Gasteiger partial charge in [-0.05, 0) is 41.9 Å². The fourth-order valence-corrected chi connectivity index (χ4v) is 3.34. The molecule has 0 fully saturated rings. The Morgan fingerprint density at radius 3 is 2.86 bits per heavy atom. The molecule has 7 nitrogen and oxygen atoms in total. The van der Waals surface area contributed by atoms with Gasteiger partial charge in [0.05, 0.1) is 19.0 Å². The summed E-state index contributed by atoms with van der Waals surface area (Å²) in [5, 5.41) is 19.4. The number of aliphatic hydroxyl groups is 1. The number of ketones is 1. The lowest BCUT2D eigenvalue weighted by molar-refractivity contribution is 0.0925. The normalized spacial score (nSPS) is 14.1. The molecule has 0 bridgehead atoms. The molecule has 0 unspecified atom stereocenters. The third-order valence-corrected chi connectivity index (χ3v) is 5.03. The molecule has 28 heavy (non-hydrogen) atoms. The maximum atomic E-state index is 12.4. The molecular formula is C20H25BN2O5. The molecule has 0 aliphatic carbocycles. The van der Waals surface area contributed by atoms with Crippen LogP contribution in [0.15, 0.2) is 24.5 Å². The zero-order valence-corrected chi connectivity index (χ0v) is 16.2. The van der Waals surface area contributed by atoms with Crippen molar-refractivity contribution in [2.75, 3.05) is 6.61 Å². The zero-order valence-electron chi connectivity index (χ0n) is 16.2. The largest absolute Gasteiger partial charge is 0.492 e. The van der Waals surface area contributed by atoms with Crippen LogP contribution in [0.1, 0.15) is 54.2 Å². The molecule has 2 heterocycles. The highest BCUT2D eigenvalue weighted by molar-refractivity contribution is 6.62. The molecule has 0 saturated heterocycles. The highest BCUT2D eigenvalue weighted by Crippen LogP contribution is 2.26. The molecule has 0 spiro atoms. The molecule has 1 aromatic carbocycles. The van der Waals surface area contributed by atoms with Crippen molar-refractivity contribution < 1.29 is 24.3 Å². The van der Waals surface area contributed by atoms with Crippen LogP contribution in [0, 0.1) is 12.8 Å². The average Bonchev–Trinajstić information content (AvgIpc) is 3.09. The van der Waals surface area contributed by atoms with Crippen molar-refractivity contribution in [2.45, 2.75) is 46.1 Å². The van der Waals surface area contributed by atoms with Crippen LogP contribution in [-0.4, -0.2) is 39.6 Å². The number of unbranched alkanes of at least 4 members (excludes halogenated alkanes) is 1. The summed E-state index contributed by atoms with van der Waals surface area (Å²) in [6.45, 7) is 4.30. The van der Waals surface area contributed by atoms with Gasteiger partial charge in [0.25, 0.3) is 0 Å². The molecule has 1 atom stereocenters. The Kier molecular flexibility index (Phi) is 6.77. The van der Waals surface area contributed by atoms with E-state index in [1.807, 2.05) is 13.0 Å². The predicted octanol–water partition coefficient (Wildman–Crippen LogP) is 2.17. The molecule has 0 radical (unpaired) electrons. The molecule has 8 heteroatoms. The van der Waals surface area contributed by atoms with Crippen LogP contribution in [0.3, 0.4) is 0 Å². The van der Waals surface area contributed by atoms with E-state index in [0.29, 0.717) is 12.4 Å². The van der Waals surface area contributed by atoms with Gasteiger partial charge in [-0.25, -0.2) is 9.97 Å². The second-order valence-electron chi connectivity index (χ2n) is 7.08. The number of benzene rings is 1. The molecule has 2 N–H and O–H groups in total. The number of carbonyl (C=O) groups is 1. The van der Waals surface area contributed by atoms with E-state index in [4.69, 9.17) is 9.39 Å². The lowest BCUT2D eigenvalue weighted by atomic mass is 9.76.